The Bertz CT molecular complexity index is 581. The molecule has 0 unspecified atom stereocenters. The minimum absolute atomic E-state index is 0.0107. The number of nitro groups is 1. The number of thioether (sulfide) groups is 1. The molecule has 0 saturated heterocycles. The average Bonchev–Trinajstić information content (AvgIpc) is 2.43. The van der Waals surface area contributed by atoms with Crippen molar-refractivity contribution in [2.24, 2.45) is 0 Å². The predicted molar refractivity (Wildman–Crippen MR) is 87.3 cm³/mol. The number of hydrogen-bond acceptors (Lipinski definition) is 6. The fraction of sp³-hybridized carbons (Fsp3) is 0.467. The normalized spacial score (nSPS) is 12.3. The van der Waals surface area contributed by atoms with Crippen LogP contribution in [0.15, 0.2) is 29.2 Å². The Morgan fingerprint density at radius 3 is 2.35 bits per heavy atom. The van der Waals surface area contributed by atoms with Crippen LogP contribution in [0.4, 0.5) is 5.69 Å². The van der Waals surface area contributed by atoms with Crippen molar-refractivity contribution >= 4 is 29.3 Å². The smallest absolute Gasteiger partial charge is 0.319 e. The summed E-state index contributed by atoms with van der Waals surface area (Å²) in [6.45, 7) is 6.82. The number of benzene rings is 1. The number of carbonyl (C=O) groups is 2. The third kappa shape index (κ3) is 7.14. The summed E-state index contributed by atoms with van der Waals surface area (Å²) in [7, 11) is 0. The van der Waals surface area contributed by atoms with Gasteiger partial charge < -0.3 is 10.1 Å². The molecule has 1 aromatic rings. The summed E-state index contributed by atoms with van der Waals surface area (Å²) >= 11 is 1.21. The van der Waals surface area contributed by atoms with Gasteiger partial charge in [-0.05, 0) is 39.8 Å². The van der Waals surface area contributed by atoms with Crippen molar-refractivity contribution in [3.05, 3.63) is 34.4 Å². The van der Waals surface area contributed by atoms with Gasteiger partial charge in [0.15, 0.2) is 6.61 Å². The first-order valence-electron chi connectivity index (χ1n) is 6.97. The molecule has 8 heteroatoms. The van der Waals surface area contributed by atoms with E-state index in [1.807, 2.05) is 20.8 Å². The van der Waals surface area contributed by atoms with Gasteiger partial charge in [-0.1, -0.05) is 0 Å². The minimum atomic E-state index is -0.529. The second-order valence-corrected chi connectivity index (χ2v) is 7.33. The zero-order valence-electron chi connectivity index (χ0n) is 13.5. The van der Waals surface area contributed by atoms with Crippen LogP contribution in [-0.4, -0.2) is 34.2 Å². The largest absolute Gasteiger partial charge is 0.455 e. The zero-order chi connectivity index (χ0) is 17.6. The summed E-state index contributed by atoms with van der Waals surface area (Å²) in [5, 5.41) is 12.7. The van der Waals surface area contributed by atoms with Gasteiger partial charge in [0.1, 0.15) is 5.25 Å². The SMILES string of the molecule is C[C@@H](Sc1ccc([N+](=O)[O-])cc1)C(=O)OCC(=O)NC(C)(C)C. The highest BCUT2D eigenvalue weighted by molar-refractivity contribution is 8.00. The molecule has 0 saturated carbocycles. The molecule has 1 aromatic carbocycles. The van der Waals surface area contributed by atoms with Gasteiger partial charge in [0, 0.05) is 22.6 Å². The van der Waals surface area contributed by atoms with E-state index in [1.54, 1.807) is 19.1 Å². The molecule has 0 aliphatic heterocycles. The van der Waals surface area contributed by atoms with Crippen LogP contribution < -0.4 is 5.32 Å². The van der Waals surface area contributed by atoms with E-state index in [1.165, 1.54) is 23.9 Å². The molecule has 0 fully saturated rings. The number of nitrogens with one attached hydrogen (secondary N) is 1. The summed E-state index contributed by atoms with van der Waals surface area (Å²) in [5.41, 5.74) is -0.397. The Labute approximate surface area is 138 Å². The van der Waals surface area contributed by atoms with Crippen LogP contribution in [0.1, 0.15) is 27.7 Å². The van der Waals surface area contributed by atoms with E-state index in [0.717, 1.165) is 0 Å². The Morgan fingerprint density at radius 2 is 1.87 bits per heavy atom. The van der Waals surface area contributed by atoms with Crippen LogP contribution in [0.25, 0.3) is 0 Å². The van der Waals surface area contributed by atoms with E-state index >= 15 is 0 Å². The highest BCUT2D eigenvalue weighted by Gasteiger charge is 2.19. The van der Waals surface area contributed by atoms with E-state index in [-0.39, 0.29) is 23.7 Å². The van der Waals surface area contributed by atoms with Crippen molar-refractivity contribution < 1.29 is 19.2 Å². The third-order valence-corrected chi connectivity index (χ3v) is 3.64. The standard InChI is InChI=1S/C15H20N2O5S/c1-10(14(19)22-9-13(18)16-15(2,3)4)23-12-7-5-11(6-8-12)17(20)21/h5-8,10H,9H2,1-4H3,(H,16,18)/t10-/m1/s1. The van der Waals surface area contributed by atoms with Gasteiger partial charge in [0.25, 0.3) is 11.6 Å². The van der Waals surface area contributed by atoms with Crippen molar-refractivity contribution in [1.82, 2.24) is 5.32 Å². The lowest BCUT2D eigenvalue weighted by atomic mass is 10.1. The highest BCUT2D eigenvalue weighted by Crippen LogP contribution is 2.25. The number of carbonyl (C=O) groups excluding carboxylic acids is 2. The molecule has 1 rings (SSSR count). The second-order valence-electron chi connectivity index (χ2n) is 5.92. The van der Waals surface area contributed by atoms with Gasteiger partial charge >= 0.3 is 5.97 Å². The number of amides is 1. The maximum absolute atomic E-state index is 11.9. The van der Waals surface area contributed by atoms with E-state index in [9.17, 15) is 19.7 Å². The molecule has 0 bridgehead atoms. The van der Waals surface area contributed by atoms with Gasteiger partial charge in [0.05, 0.1) is 4.92 Å². The lowest BCUT2D eigenvalue weighted by Crippen LogP contribution is -2.43. The van der Waals surface area contributed by atoms with Gasteiger partial charge in [-0.25, -0.2) is 0 Å². The summed E-state index contributed by atoms with van der Waals surface area (Å²) < 4.78 is 4.97. The van der Waals surface area contributed by atoms with E-state index in [2.05, 4.69) is 5.32 Å². The first-order chi connectivity index (χ1) is 10.6. The number of nitro benzene ring substituents is 1. The first kappa shape index (κ1) is 19.0. The molecule has 1 atom stereocenters. The molecule has 1 amide bonds. The number of esters is 1. The lowest BCUT2D eigenvalue weighted by molar-refractivity contribution is -0.384. The van der Waals surface area contributed by atoms with Crippen LogP contribution in [0, 0.1) is 10.1 Å². The predicted octanol–water partition coefficient (Wildman–Crippen LogP) is 2.53. The molecule has 1 N–H and O–H groups in total. The molecule has 126 valence electrons. The molecule has 7 nitrogen and oxygen atoms in total. The van der Waals surface area contributed by atoms with E-state index < -0.39 is 16.1 Å². The molecule has 0 aromatic heterocycles. The van der Waals surface area contributed by atoms with E-state index in [4.69, 9.17) is 4.74 Å². The fourth-order valence-electron chi connectivity index (χ4n) is 1.61. The van der Waals surface area contributed by atoms with E-state index in [0.29, 0.717) is 4.90 Å². The monoisotopic (exact) mass is 340 g/mol. The van der Waals surface area contributed by atoms with Crippen LogP contribution >= 0.6 is 11.8 Å². The maximum Gasteiger partial charge on any atom is 0.319 e. The first-order valence-corrected chi connectivity index (χ1v) is 7.85. The number of nitrogens with zero attached hydrogens (tertiary/aromatic N) is 1. The Hall–Kier alpha value is -2.09. The summed E-state index contributed by atoms with van der Waals surface area (Å²) in [6.07, 6.45) is 0. The number of rotatable bonds is 6. The van der Waals surface area contributed by atoms with Crippen LogP contribution in [0.5, 0.6) is 0 Å². The highest BCUT2D eigenvalue weighted by atomic mass is 32.2. The molecule has 0 heterocycles. The summed E-state index contributed by atoms with van der Waals surface area (Å²) in [5.74, 6) is -0.879. The van der Waals surface area contributed by atoms with Crippen LogP contribution in [-0.2, 0) is 14.3 Å². The molecular weight excluding hydrogens is 320 g/mol. The molecule has 0 aliphatic rings. The molecule has 0 spiro atoms. The zero-order valence-corrected chi connectivity index (χ0v) is 14.3. The van der Waals surface area contributed by atoms with Crippen LogP contribution in [0.2, 0.25) is 0 Å². The van der Waals surface area contributed by atoms with Crippen molar-refractivity contribution in [2.75, 3.05) is 6.61 Å². The third-order valence-electron chi connectivity index (χ3n) is 2.55. The number of non-ortho nitro benzene ring substituents is 1. The Morgan fingerprint density at radius 1 is 1.30 bits per heavy atom. The van der Waals surface area contributed by atoms with Crippen molar-refractivity contribution in [3.8, 4) is 0 Å². The lowest BCUT2D eigenvalue weighted by Gasteiger charge is -2.20. The van der Waals surface area contributed by atoms with Crippen molar-refractivity contribution in [1.29, 1.82) is 0 Å². The fourth-order valence-corrected chi connectivity index (χ4v) is 2.47. The van der Waals surface area contributed by atoms with Gasteiger partial charge in [-0.3, -0.25) is 19.7 Å². The number of hydrogen-bond donors (Lipinski definition) is 1. The minimum Gasteiger partial charge on any atom is -0.455 e. The topological polar surface area (TPSA) is 98.5 Å². The summed E-state index contributed by atoms with van der Waals surface area (Å²) in [4.78, 5) is 34.2. The Balaban J connectivity index is 2.47. The van der Waals surface area contributed by atoms with Gasteiger partial charge in [-0.2, -0.15) is 0 Å². The van der Waals surface area contributed by atoms with Crippen LogP contribution in [0.3, 0.4) is 0 Å². The van der Waals surface area contributed by atoms with Crippen molar-refractivity contribution in [3.63, 3.8) is 0 Å². The van der Waals surface area contributed by atoms with Gasteiger partial charge in [-0.15, -0.1) is 11.8 Å². The second kappa shape index (κ2) is 7.96. The number of ether oxygens (including phenoxy) is 1. The average molecular weight is 340 g/mol. The molecule has 0 aliphatic carbocycles. The summed E-state index contributed by atoms with van der Waals surface area (Å²) in [6, 6.07) is 5.88. The Kier molecular flexibility index (Phi) is 6.56. The molecule has 0 radical (unpaired) electrons. The van der Waals surface area contributed by atoms with Crippen molar-refractivity contribution in [2.45, 2.75) is 43.4 Å². The molecular formula is C15H20N2O5S. The molecule has 23 heavy (non-hydrogen) atoms. The van der Waals surface area contributed by atoms with Gasteiger partial charge in [0.2, 0.25) is 0 Å². The quantitative estimate of drug-likeness (QED) is 0.370. The maximum atomic E-state index is 11.9.